The molecule has 8 heteroatoms. The minimum Gasteiger partial charge on any atom is -0.442 e. The standard InChI is InChI=1S/C28H29N5O3/c1-28(2,3)36-27(35)32-17-20-14-23(10-11-25(20)31-32)33(22-8-9-22)26(34)19-6-4-18(5-7-19)24-12-13-30-16-21(24)15-29/h4-7,12-13,16-17,22-23H,8-11,14H2,1-3H3. The number of benzene rings is 1. The maximum atomic E-state index is 13.6. The van der Waals surface area contributed by atoms with Gasteiger partial charge < -0.3 is 9.64 Å². The van der Waals surface area contributed by atoms with Crippen LogP contribution < -0.4 is 0 Å². The Balaban J connectivity index is 1.34. The minimum atomic E-state index is -0.593. The average molecular weight is 484 g/mol. The fraction of sp³-hybridized carbons (Fsp3) is 0.393. The summed E-state index contributed by atoms with van der Waals surface area (Å²) in [6, 6.07) is 11.7. The van der Waals surface area contributed by atoms with E-state index in [9.17, 15) is 14.9 Å². The predicted octanol–water partition coefficient (Wildman–Crippen LogP) is 4.76. The van der Waals surface area contributed by atoms with Crippen molar-refractivity contribution in [3.63, 3.8) is 0 Å². The molecule has 1 fully saturated rings. The molecule has 1 atom stereocenters. The first-order valence-corrected chi connectivity index (χ1v) is 12.3. The van der Waals surface area contributed by atoms with Gasteiger partial charge in [-0.3, -0.25) is 9.78 Å². The minimum absolute atomic E-state index is 0.0206. The first-order valence-electron chi connectivity index (χ1n) is 12.3. The summed E-state index contributed by atoms with van der Waals surface area (Å²) in [5.41, 5.74) is 4.11. The molecule has 0 N–H and O–H groups in total. The number of fused-ring (bicyclic) bond motifs is 1. The number of carbonyl (C=O) groups excluding carboxylic acids is 2. The number of rotatable bonds is 4. The van der Waals surface area contributed by atoms with Crippen molar-refractivity contribution in [3.05, 3.63) is 71.3 Å². The Bertz CT molecular complexity index is 1340. The van der Waals surface area contributed by atoms with Gasteiger partial charge in [0.15, 0.2) is 0 Å². The van der Waals surface area contributed by atoms with Crippen LogP contribution in [-0.2, 0) is 17.6 Å². The molecule has 36 heavy (non-hydrogen) atoms. The van der Waals surface area contributed by atoms with Gasteiger partial charge in [0, 0.05) is 41.8 Å². The largest absolute Gasteiger partial charge is 0.442 e. The molecule has 0 aliphatic heterocycles. The van der Waals surface area contributed by atoms with Gasteiger partial charge in [0.05, 0.1) is 11.3 Å². The van der Waals surface area contributed by atoms with E-state index in [0.29, 0.717) is 24.0 Å². The lowest BCUT2D eigenvalue weighted by Crippen LogP contribution is -2.44. The molecule has 2 aromatic heterocycles. The van der Waals surface area contributed by atoms with Gasteiger partial charge in [0.1, 0.15) is 11.7 Å². The number of pyridine rings is 1. The van der Waals surface area contributed by atoms with Gasteiger partial charge in [-0.25, -0.2) is 4.79 Å². The van der Waals surface area contributed by atoms with Gasteiger partial charge in [-0.05, 0) is 82.2 Å². The van der Waals surface area contributed by atoms with Crippen LogP contribution in [0.5, 0.6) is 0 Å². The molecule has 2 aliphatic rings. The van der Waals surface area contributed by atoms with Gasteiger partial charge in [0.25, 0.3) is 5.91 Å². The summed E-state index contributed by atoms with van der Waals surface area (Å²) in [5.74, 6) is 0.0206. The smallest absolute Gasteiger partial charge is 0.435 e. The molecule has 0 radical (unpaired) electrons. The molecular weight excluding hydrogens is 454 g/mol. The summed E-state index contributed by atoms with van der Waals surface area (Å²) >= 11 is 0. The lowest BCUT2D eigenvalue weighted by molar-refractivity contribution is 0.0513. The summed E-state index contributed by atoms with van der Waals surface area (Å²) < 4.78 is 6.74. The van der Waals surface area contributed by atoms with Gasteiger partial charge in [-0.1, -0.05) is 12.1 Å². The second-order valence-electron chi connectivity index (χ2n) is 10.5. The number of ether oxygens (including phenoxy) is 1. The number of nitriles is 1. The molecule has 1 amide bonds. The molecular formula is C28H29N5O3. The molecule has 8 nitrogen and oxygen atoms in total. The molecule has 1 unspecified atom stereocenters. The second kappa shape index (κ2) is 9.23. The lowest BCUT2D eigenvalue weighted by atomic mass is 9.91. The van der Waals surface area contributed by atoms with Crippen LogP contribution in [0.3, 0.4) is 0 Å². The van der Waals surface area contributed by atoms with E-state index in [2.05, 4.69) is 16.2 Å². The summed E-state index contributed by atoms with van der Waals surface area (Å²) in [5, 5.41) is 13.8. The molecule has 5 rings (SSSR count). The zero-order valence-corrected chi connectivity index (χ0v) is 20.8. The topological polar surface area (TPSA) is 101 Å². The summed E-state index contributed by atoms with van der Waals surface area (Å²) in [4.78, 5) is 32.2. The highest BCUT2D eigenvalue weighted by Gasteiger charge is 2.39. The summed E-state index contributed by atoms with van der Waals surface area (Å²) in [6.45, 7) is 5.49. The Hall–Kier alpha value is -3.99. The Labute approximate surface area is 210 Å². The molecule has 2 aliphatic carbocycles. The van der Waals surface area contributed by atoms with Crippen LogP contribution in [0.2, 0.25) is 0 Å². The van der Waals surface area contributed by atoms with E-state index in [-0.39, 0.29) is 18.0 Å². The maximum Gasteiger partial charge on any atom is 0.435 e. The highest BCUT2D eigenvalue weighted by atomic mass is 16.6. The van der Waals surface area contributed by atoms with Crippen LogP contribution in [0.4, 0.5) is 4.79 Å². The normalized spacial score (nSPS) is 17.1. The van der Waals surface area contributed by atoms with Crippen molar-refractivity contribution in [2.75, 3.05) is 0 Å². The van der Waals surface area contributed by atoms with Gasteiger partial charge >= 0.3 is 6.09 Å². The SMILES string of the molecule is CC(C)(C)OC(=O)n1cc2c(n1)CCC(N(C(=O)c1ccc(-c3ccncc3C#N)cc1)C1CC1)C2. The first kappa shape index (κ1) is 23.7. The number of hydrogen-bond donors (Lipinski definition) is 0. The van der Waals surface area contributed by atoms with Gasteiger partial charge in [-0.2, -0.15) is 15.0 Å². The monoisotopic (exact) mass is 483 g/mol. The van der Waals surface area contributed by atoms with Crippen LogP contribution >= 0.6 is 0 Å². The Morgan fingerprint density at radius 3 is 2.53 bits per heavy atom. The number of amides is 1. The van der Waals surface area contributed by atoms with E-state index in [1.165, 1.54) is 4.68 Å². The van der Waals surface area contributed by atoms with Crippen LogP contribution in [0, 0.1) is 11.3 Å². The molecule has 0 spiro atoms. The van der Waals surface area contributed by atoms with Crippen molar-refractivity contribution in [2.24, 2.45) is 0 Å². The fourth-order valence-corrected chi connectivity index (χ4v) is 4.78. The van der Waals surface area contributed by atoms with Crippen molar-refractivity contribution >= 4 is 12.0 Å². The average Bonchev–Trinajstić information content (AvgIpc) is 3.59. The highest BCUT2D eigenvalue weighted by molar-refractivity contribution is 5.95. The van der Waals surface area contributed by atoms with E-state index in [0.717, 1.165) is 41.6 Å². The maximum absolute atomic E-state index is 13.6. The lowest BCUT2D eigenvalue weighted by Gasteiger charge is -2.34. The first-order chi connectivity index (χ1) is 17.2. The Morgan fingerprint density at radius 1 is 1.11 bits per heavy atom. The van der Waals surface area contributed by atoms with Crippen molar-refractivity contribution in [3.8, 4) is 17.2 Å². The number of aromatic nitrogens is 3. The fourth-order valence-electron chi connectivity index (χ4n) is 4.78. The number of hydrogen-bond acceptors (Lipinski definition) is 6. The molecule has 1 aromatic carbocycles. The molecule has 3 aromatic rings. The zero-order valence-electron chi connectivity index (χ0n) is 20.8. The molecule has 0 saturated heterocycles. The van der Waals surface area contributed by atoms with Crippen LogP contribution in [0.25, 0.3) is 11.1 Å². The third kappa shape index (κ3) is 4.87. The van der Waals surface area contributed by atoms with E-state index >= 15 is 0 Å². The Kier molecular flexibility index (Phi) is 6.09. The van der Waals surface area contributed by atoms with Gasteiger partial charge in [-0.15, -0.1) is 0 Å². The number of nitrogens with zero attached hydrogens (tertiary/aromatic N) is 5. The molecule has 1 saturated carbocycles. The highest BCUT2D eigenvalue weighted by Crippen LogP contribution is 2.35. The van der Waals surface area contributed by atoms with Gasteiger partial charge in [0.2, 0.25) is 0 Å². The van der Waals surface area contributed by atoms with Crippen molar-refractivity contribution < 1.29 is 14.3 Å². The van der Waals surface area contributed by atoms with Crippen molar-refractivity contribution in [1.29, 1.82) is 5.26 Å². The third-order valence-electron chi connectivity index (χ3n) is 6.58. The van der Waals surface area contributed by atoms with E-state index in [1.54, 1.807) is 18.6 Å². The number of carbonyl (C=O) groups is 2. The second-order valence-corrected chi connectivity index (χ2v) is 10.5. The molecule has 0 bridgehead atoms. The van der Waals surface area contributed by atoms with Crippen LogP contribution in [-0.4, -0.2) is 49.3 Å². The van der Waals surface area contributed by atoms with Crippen molar-refractivity contribution in [2.45, 2.75) is 70.6 Å². The predicted molar refractivity (Wildman–Crippen MR) is 133 cm³/mol. The summed E-state index contributed by atoms with van der Waals surface area (Å²) in [7, 11) is 0. The Morgan fingerprint density at radius 2 is 1.86 bits per heavy atom. The molecule has 2 heterocycles. The quantitative estimate of drug-likeness (QED) is 0.530. The van der Waals surface area contributed by atoms with Crippen LogP contribution in [0.1, 0.15) is 67.2 Å². The van der Waals surface area contributed by atoms with E-state index < -0.39 is 11.7 Å². The van der Waals surface area contributed by atoms with Crippen molar-refractivity contribution in [1.82, 2.24) is 19.7 Å². The van der Waals surface area contributed by atoms with Crippen LogP contribution in [0.15, 0.2) is 48.9 Å². The molecule has 184 valence electrons. The number of aryl methyl sites for hydroxylation is 1. The van der Waals surface area contributed by atoms with E-state index in [4.69, 9.17) is 4.74 Å². The third-order valence-corrected chi connectivity index (χ3v) is 6.58. The zero-order chi connectivity index (χ0) is 25.4. The van der Waals surface area contributed by atoms with E-state index in [1.807, 2.05) is 56.0 Å². The summed E-state index contributed by atoms with van der Waals surface area (Å²) in [6.07, 6.45) is 8.67.